The number of hydrogen-bond donors (Lipinski definition) is 1. The van der Waals surface area contributed by atoms with Crippen LogP contribution in [-0.2, 0) is 9.47 Å². The number of aliphatic hydroxyl groups excluding tert-OH is 1. The average Bonchev–Trinajstić information content (AvgIpc) is 2.06. The van der Waals surface area contributed by atoms with E-state index in [4.69, 9.17) is 14.6 Å². The number of rotatable bonds is 2. The highest BCUT2D eigenvalue weighted by Gasteiger charge is 2.31. The topological polar surface area (TPSA) is 38.7 Å². The van der Waals surface area contributed by atoms with Gasteiger partial charge in [0.15, 0.2) is 0 Å². The maximum absolute atomic E-state index is 8.94. The van der Waals surface area contributed by atoms with Crippen molar-refractivity contribution in [3.8, 4) is 0 Å². The van der Waals surface area contributed by atoms with Gasteiger partial charge in [-0.15, -0.1) is 0 Å². The van der Waals surface area contributed by atoms with Crippen LogP contribution in [0.25, 0.3) is 0 Å². The molecule has 0 aromatic carbocycles. The van der Waals surface area contributed by atoms with E-state index in [1.807, 2.05) is 6.92 Å². The Morgan fingerprint density at radius 3 is 2.60 bits per heavy atom. The monoisotopic (exact) mass is 146 g/mol. The van der Waals surface area contributed by atoms with Crippen molar-refractivity contribution in [2.24, 2.45) is 0 Å². The van der Waals surface area contributed by atoms with E-state index in [1.165, 1.54) is 0 Å². The van der Waals surface area contributed by atoms with Crippen LogP contribution in [0, 0.1) is 0 Å². The molecular formula is C7H14O3. The van der Waals surface area contributed by atoms with Crippen LogP contribution in [0.1, 0.15) is 13.3 Å². The summed E-state index contributed by atoms with van der Waals surface area (Å²) >= 11 is 0. The first kappa shape index (κ1) is 7.98. The minimum atomic E-state index is -0.405. The summed E-state index contributed by atoms with van der Waals surface area (Å²) in [5.74, 6) is 0. The molecular weight excluding hydrogens is 132 g/mol. The molecule has 1 N–H and O–H groups in total. The van der Waals surface area contributed by atoms with E-state index in [0.717, 1.165) is 6.42 Å². The summed E-state index contributed by atoms with van der Waals surface area (Å²) in [6.07, 6.45) is 0.809. The molecule has 1 saturated heterocycles. The van der Waals surface area contributed by atoms with Crippen LogP contribution in [-0.4, -0.2) is 37.1 Å². The third-order valence-electron chi connectivity index (χ3n) is 1.93. The van der Waals surface area contributed by atoms with Crippen LogP contribution in [0.3, 0.4) is 0 Å². The Morgan fingerprint density at radius 2 is 2.30 bits per heavy atom. The first-order valence-corrected chi connectivity index (χ1v) is 3.65. The highest BCUT2D eigenvalue weighted by Crippen LogP contribution is 2.18. The van der Waals surface area contributed by atoms with Crippen molar-refractivity contribution in [2.75, 3.05) is 26.4 Å². The van der Waals surface area contributed by atoms with Gasteiger partial charge < -0.3 is 14.6 Å². The van der Waals surface area contributed by atoms with E-state index in [2.05, 4.69) is 0 Å². The van der Waals surface area contributed by atoms with Gasteiger partial charge in [0, 0.05) is 0 Å². The summed E-state index contributed by atoms with van der Waals surface area (Å²) in [5.41, 5.74) is -0.405. The first-order chi connectivity index (χ1) is 4.83. The van der Waals surface area contributed by atoms with Gasteiger partial charge in [-0.1, -0.05) is 6.92 Å². The second-order valence-electron chi connectivity index (χ2n) is 2.60. The molecule has 0 saturated carbocycles. The van der Waals surface area contributed by atoms with Crippen LogP contribution >= 0.6 is 0 Å². The van der Waals surface area contributed by atoms with Crippen LogP contribution in [0.15, 0.2) is 0 Å². The molecule has 1 unspecified atom stereocenters. The van der Waals surface area contributed by atoms with E-state index in [0.29, 0.717) is 19.8 Å². The second-order valence-corrected chi connectivity index (χ2v) is 2.60. The molecule has 0 radical (unpaired) electrons. The fourth-order valence-electron chi connectivity index (χ4n) is 1.02. The second kappa shape index (κ2) is 3.32. The lowest BCUT2D eigenvalue weighted by atomic mass is 10.0. The number of hydrogen-bond acceptors (Lipinski definition) is 3. The van der Waals surface area contributed by atoms with Gasteiger partial charge in [0.1, 0.15) is 5.60 Å². The Morgan fingerprint density at radius 1 is 1.50 bits per heavy atom. The first-order valence-electron chi connectivity index (χ1n) is 3.65. The Labute approximate surface area is 60.9 Å². The van der Waals surface area contributed by atoms with E-state index in [1.54, 1.807) is 0 Å². The molecule has 3 nitrogen and oxygen atoms in total. The lowest BCUT2D eigenvalue weighted by molar-refractivity contribution is -0.175. The van der Waals surface area contributed by atoms with Gasteiger partial charge in [0.2, 0.25) is 0 Å². The van der Waals surface area contributed by atoms with Crippen molar-refractivity contribution < 1.29 is 14.6 Å². The zero-order valence-corrected chi connectivity index (χ0v) is 6.30. The Hall–Kier alpha value is -0.120. The molecule has 1 aliphatic heterocycles. The quantitative estimate of drug-likeness (QED) is 0.603. The smallest absolute Gasteiger partial charge is 0.114 e. The molecule has 0 aromatic rings. The van der Waals surface area contributed by atoms with Gasteiger partial charge in [-0.3, -0.25) is 0 Å². The molecule has 0 spiro atoms. The molecule has 1 aliphatic rings. The molecule has 0 amide bonds. The molecule has 1 heterocycles. The summed E-state index contributed by atoms with van der Waals surface area (Å²) in [6.45, 7) is 3.84. The third kappa shape index (κ3) is 1.48. The van der Waals surface area contributed by atoms with Crippen molar-refractivity contribution in [1.82, 2.24) is 0 Å². The van der Waals surface area contributed by atoms with Gasteiger partial charge in [0.25, 0.3) is 0 Å². The van der Waals surface area contributed by atoms with E-state index in [-0.39, 0.29) is 6.61 Å². The van der Waals surface area contributed by atoms with Crippen molar-refractivity contribution in [3.63, 3.8) is 0 Å². The molecule has 0 bridgehead atoms. The minimum absolute atomic E-state index is 0.0590. The van der Waals surface area contributed by atoms with Gasteiger partial charge in [0.05, 0.1) is 26.4 Å². The fraction of sp³-hybridized carbons (Fsp3) is 1.00. The Kier molecular flexibility index (Phi) is 2.65. The summed E-state index contributed by atoms with van der Waals surface area (Å²) in [5, 5.41) is 8.94. The van der Waals surface area contributed by atoms with Crippen molar-refractivity contribution in [3.05, 3.63) is 0 Å². The highest BCUT2D eigenvalue weighted by molar-refractivity contribution is 4.79. The number of ether oxygens (including phenoxy) is 2. The highest BCUT2D eigenvalue weighted by atomic mass is 16.6. The Bertz CT molecular complexity index is 91.0. The maximum Gasteiger partial charge on any atom is 0.114 e. The molecule has 10 heavy (non-hydrogen) atoms. The van der Waals surface area contributed by atoms with E-state index < -0.39 is 5.60 Å². The van der Waals surface area contributed by atoms with Crippen molar-refractivity contribution >= 4 is 0 Å². The molecule has 60 valence electrons. The maximum atomic E-state index is 8.94. The van der Waals surface area contributed by atoms with E-state index in [9.17, 15) is 0 Å². The number of aliphatic hydroxyl groups is 1. The fourth-order valence-corrected chi connectivity index (χ4v) is 1.02. The van der Waals surface area contributed by atoms with Crippen molar-refractivity contribution in [1.29, 1.82) is 0 Å². The zero-order chi connectivity index (χ0) is 7.45. The molecule has 3 heteroatoms. The summed E-state index contributed by atoms with van der Waals surface area (Å²) < 4.78 is 10.6. The lowest BCUT2D eigenvalue weighted by Gasteiger charge is -2.34. The van der Waals surface area contributed by atoms with Gasteiger partial charge in [-0.05, 0) is 6.42 Å². The zero-order valence-electron chi connectivity index (χ0n) is 6.30. The minimum Gasteiger partial charge on any atom is -0.393 e. The third-order valence-corrected chi connectivity index (χ3v) is 1.93. The van der Waals surface area contributed by atoms with Crippen molar-refractivity contribution in [2.45, 2.75) is 18.9 Å². The summed E-state index contributed by atoms with van der Waals surface area (Å²) in [4.78, 5) is 0. The molecule has 0 aliphatic carbocycles. The van der Waals surface area contributed by atoms with Gasteiger partial charge in [-0.25, -0.2) is 0 Å². The average molecular weight is 146 g/mol. The van der Waals surface area contributed by atoms with Crippen LogP contribution < -0.4 is 0 Å². The largest absolute Gasteiger partial charge is 0.393 e. The van der Waals surface area contributed by atoms with Crippen LogP contribution in [0.5, 0.6) is 0 Å². The molecule has 1 rings (SSSR count). The normalized spacial score (nSPS) is 34.2. The molecule has 0 aromatic heterocycles. The van der Waals surface area contributed by atoms with Gasteiger partial charge >= 0.3 is 0 Å². The summed E-state index contributed by atoms with van der Waals surface area (Å²) in [6, 6.07) is 0. The molecule has 1 atom stereocenters. The standard InChI is InChI=1S/C7H14O3/c1-2-7(5-8)6-9-3-4-10-7/h8H,2-6H2,1H3. The SMILES string of the molecule is CCC1(CO)COCCO1. The predicted molar refractivity (Wildman–Crippen MR) is 36.9 cm³/mol. The van der Waals surface area contributed by atoms with E-state index >= 15 is 0 Å². The summed E-state index contributed by atoms with van der Waals surface area (Å²) in [7, 11) is 0. The predicted octanol–water partition coefficient (Wildman–Crippen LogP) is 0.174. The lowest BCUT2D eigenvalue weighted by Crippen LogP contribution is -2.45. The van der Waals surface area contributed by atoms with Crippen LogP contribution in [0.2, 0.25) is 0 Å². The van der Waals surface area contributed by atoms with Gasteiger partial charge in [-0.2, -0.15) is 0 Å². The van der Waals surface area contributed by atoms with Crippen LogP contribution in [0.4, 0.5) is 0 Å². The Balaban J connectivity index is 2.44. The molecule has 1 fully saturated rings.